The van der Waals surface area contributed by atoms with Crippen LogP contribution in [0.3, 0.4) is 0 Å². The van der Waals surface area contributed by atoms with Gasteiger partial charge >= 0.3 is 0 Å². The number of para-hydroxylation sites is 2. The van der Waals surface area contributed by atoms with Gasteiger partial charge in [0.15, 0.2) is 11.0 Å². The maximum Gasteiger partial charge on any atom is 0.233 e. The van der Waals surface area contributed by atoms with Gasteiger partial charge in [-0.25, -0.2) is 0 Å². The number of rotatable bonds is 7. The molecule has 0 aliphatic heterocycles. The molecule has 5 rings (SSSR count). The smallest absolute Gasteiger partial charge is 0.233 e. The first-order chi connectivity index (χ1) is 16.7. The van der Waals surface area contributed by atoms with Gasteiger partial charge in [-0.2, -0.15) is 0 Å². The number of fused-ring (bicyclic) bond motifs is 1. The van der Waals surface area contributed by atoms with Gasteiger partial charge in [-0.1, -0.05) is 54.2 Å². The van der Waals surface area contributed by atoms with Crippen molar-refractivity contribution in [3.05, 3.63) is 77.2 Å². The van der Waals surface area contributed by atoms with Crippen molar-refractivity contribution in [2.45, 2.75) is 42.6 Å². The van der Waals surface area contributed by atoms with E-state index >= 15 is 0 Å². The molecule has 1 aliphatic carbocycles. The molecule has 1 aliphatic rings. The number of ether oxygens (including phenoxy) is 1. The fraction of sp³-hybridized carbons (Fsp3) is 0.269. The minimum atomic E-state index is -0.345. The molecule has 0 fully saturated rings. The van der Waals surface area contributed by atoms with E-state index in [0.717, 1.165) is 41.4 Å². The first-order valence-corrected chi connectivity index (χ1v) is 13.1. The summed E-state index contributed by atoms with van der Waals surface area (Å²) in [7, 11) is 1.65. The average Bonchev–Trinajstić information content (AvgIpc) is 3.54. The molecule has 1 N–H and O–H groups in total. The molecule has 1 amide bonds. The maximum atomic E-state index is 13.2. The molecule has 0 radical (unpaired) electrons. The van der Waals surface area contributed by atoms with E-state index in [0.29, 0.717) is 5.16 Å². The molecule has 6 nitrogen and oxygen atoms in total. The molecular weight excluding hydrogens is 464 g/mol. The monoisotopic (exact) mass is 490 g/mol. The fourth-order valence-electron chi connectivity index (χ4n) is 4.35. The summed E-state index contributed by atoms with van der Waals surface area (Å²) in [4.78, 5) is 14.2. The standard InChI is InChI=1S/C26H26N4O2S2/c1-17(25(31)27-20-12-7-10-18-9-3-4-11-19(18)20)34-26-29-28-24(23-15-8-16-33-23)30(26)21-13-5-6-14-22(21)32-2/h3-6,8-9,11,13-17,20H,7,10,12H2,1-2H3,(H,27,31). The third-order valence-corrected chi connectivity index (χ3v) is 7.95. The molecule has 2 heterocycles. The molecule has 2 aromatic heterocycles. The van der Waals surface area contributed by atoms with Crippen molar-refractivity contribution in [1.29, 1.82) is 0 Å². The number of nitrogens with zero attached hydrogens (tertiary/aromatic N) is 3. The molecule has 4 aromatic rings. The predicted octanol–water partition coefficient (Wildman–Crippen LogP) is 5.68. The van der Waals surface area contributed by atoms with Gasteiger partial charge in [-0.05, 0) is 60.9 Å². The number of hydrogen-bond acceptors (Lipinski definition) is 6. The normalized spacial score (nSPS) is 16.0. The predicted molar refractivity (Wildman–Crippen MR) is 137 cm³/mol. The summed E-state index contributed by atoms with van der Waals surface area (Å²) in [6.07, 6.45) is 3.11. The van der Waals surface area contributed by atoms with Crippen molar-refractivity contribution in [2.75, 3.05) is 7.11 Å². The lowest BCUT2D eigenvalue weighted by Crippen LogP contribution is -2.36. The van der Waals surface area contributed by atoms with Crippen LogP contribution in [0, 0.1) is 0 Å². The molecule has 0 bridgehead atoms. The molecule has 2 unspecified atom stereocenters. The Kier molecular flexibility index (Phi) is 6.69. The first kappa shape index (κ1) is 22.7. The SMILES string of the molecule is COc1ccccc1-n1c(SC(C)C(=O)NC2CCCc3ccccc32)nnc1-c1cccs1. The van der Waals surface area contributed by atoms with Crippen LogP contribution in [0.25, 0.3) is 16.4 Å². The Morgan fingerprint density at radius 2 is 1.97 bits per heavy atom. The minimum absolute atomic E-state index is 0.000969. The van der Waals surface area contributed by atoms with Crippen LogP contribution in [0.4, 0.5) is 0 Å². The van der Waals surface area contributed by atoms with E-state index in [-0.39, 0.29) is 17.2 Å². The van der Waals surface area contributed by atoms with E-state index in [1.165, 1.54) is 22.9 Å². The molecule has 2 atom stereocenters. The van der Waals surface area contributed by atoms with Crippen molar-refractivity contribution in [3.8, 4) is 22.1 Å². The van der Waals surface area contributed by atoms with Gasteiger partial charge in [0.2, 0.25) is 5.91 Å². The van der Waals surface area contributed by atoms with Crippen LogP contribution in [-0.4, -0.2) is 33.0 Å². The van der Waals surface area contributed by atoms with E-state index in [1.54, 1.807) is 18.4 Å². The number of aromatic nitrogens is 3. The Morgan fingerprint density at radius 1 is 1.15 bits per heavy atom. The number of aryl methyl sites for hydroxylation is 1. The first-order valence-electron chi connectivity index (χ1n) is 11.3. The van der Waals surface area contributed by atoms with Crippen LogP contribution < -0.4 is 10.1 Å². The second-order valence-corrected chi connectivity index (χ2v) is 10.5. The Bertz CT molecular complexity index is 1290. The van der Waals surface area contributed by atoms with Gasteiger partial charge < -0.3 is 10.1 Å². The molecule has 0 saturated heterocycles. The minimum Gasteiger partial charge on any atom is -0.495 e. The fourth-order valence-corrected chi connectivity index (χ4v) is 5.92. The zero-order chi connectivity index (χ0) is 23.5. The van der Waals surface area contributed by atoms with Crippen molar-refractivity contribution < 1.29 is 9.53 Å². The van der Waals surface area contributed by atoms with E-state index in [4.69, 9.17) is 4.74 Å². The summed E-state index contributed by atoms with van der Waals surface area (Å²) in [6, 6.07) is 20.2. The van der Waals surface area contributed by atoms with Crippen LogP contribution in [0.5, 0.6) is 5.75 Å². The second-order valence-electron chi connectivity index (χ2n) is 8.20. The highest BCUT2D eigenvalue weighted by Crippen LogP contribution is 2.36. The third-order valence-electron chi connectivity index (χ3n) is 6.04. The van der Waals surface area contributed by atoms with E-state index < -0.39 is 0 Å². The lowest BCUT2D eigenvalue weighted by molar-refractivity contribution is -0.121. The van der Waals surface area contributed by atoms with Crippen LogP contribution in [0.15, 0.2) is 71.2 Å². The number of hydrogen-bond donors (Lipinski definition) is 1. The summed E-state index contributed by atoms with van der Waals surface area (Å²) in [5.41, 5.74) is 3.40. The largest absolute Gasteiger partial charge is 0.495 e. The number of thioether (sulfide) groups is 1. The van der Waals surface area contributed by atoms with Crippen LogP contribution in [-0.2, 0) is 11.2 Å². The number of methoxy groups -OCH3 is 1. The van der Waals surface area contributed by atoms with Crippen LogP contribution in [0.1, 0.15) is 36.9 Å². The summed E-state index contributed by atoms with van der Waals surface area (Å²) in [6.45, 7) is 1.92. The maximum absolute atomic E-state index is 13.2. The summed E-state index contributed by atoms with van der Waals surface area (Å²) in [5.74, 6) is 1.45. The molecule has 2 aromatic carbocycles. The van der Waals surface area contributed by atoms with Crippen LogP contribution >= 0.6 is 23.1 Å². The Labute approximate surface area is 207 Å². The van der Waals surface area contributed by atoms with E-state index in [2.05, 4.69) is 33.7 Å². The van der Waals surface area contributed by atoms with Gasteiger partial charge in [-0.15, -0.1) is 21.5 Å². The quantitative estimate of drug-likeness (QED) is 0.338. The van der Waals surface area contributed by atoms with Gasteiger partial charge in [0.1, 0.15) is 5.75 Å². The number of benzene rings is 2. The topological polar surface area (TPSA) is 69.0 Å². The van der Waals surface area contributed by atoms with Crippen molar-refractivity contribution in [3.63, 3.8) is 0 Å². The van der Waals surface area contributed by atoms with Gasteiger partial charge in [0.05, 0.1) is 29.0 Å². The zero-order valence-electron chi connectivity index (χ0n) is 19.1. The molecule has 8 heteroatoms. The van der Waals surface area contributed by atoms with E-state index in [1.807, 2.05) is 59.3 Å². The Morgan fingerprint density at radius 3 is 2.79 bits per heavy atom. The number of carbonyl (C=O) groups excluding carboxylic acids is 1. The molecule has 0 spiro atoms. The van der Waals surface area contributed by atoms with E-state index in [9.17, 15) is 4.79 Å². The highest BCUT2D eigenvalue weighted by atomic mass is 32.2. The average molecular weight is 491 g/mol. The number of thiophene rings is 1. The van der Waals surface area contributed by atoms with Gasteiger partial charge in [-0.3, -0.25) is 9.36 Å². The van der Waals surface area contributed by atoms with Crippen molar-refractivity contribution in [2.24, 2.45) is 0 Å². The number of amides is 1. The lowest BCUT2D eigenvalue weighted by Gasteiger charge is -2.27. The zero-order valence-corrected chi connectivity index (χ0v) is 20.7. The van der Waals surface area contributed by atoms with Gasteiger partial charge in [0, 0.05) is 0 Å². The van der Waals surface area contributed by atoms with Crippen molar-refractivity contribution >= 4 is 29.0 Å². The van der Waals surface area contributed by atoms with Gasteiger partial charge in [0.25, 0.3) is 0 Å². The highest BCUT2D eigenvalue weighted by molar-refractivity contribution is 8.00. The summed E-state index contributed by atoms with van der Waals surface area (Å²) >= 11 is 3.01. The lowest BCUT2D eigenvalue weighted by atomic mass is 9.88. The Balaban J connectivity index is 1.42. The molecule has 0 saturated carbocycles. The summed E-state index contributed by atoms with van der Waals surface area (Å²) < 4.78 is 7.60. The second kappa shape index (κ2) is 10.0. The molecular formula is C26H26N4O2S2. The third kappa shape index (κ3) is 4.48. The molecule has 34 heavy (non-hydrogen) atoms. The van der Waals surface area contributed by atoms with Crippen molar-refractivity contribution in [1.82, 2.24) is 20.1 Å². The molecule has 174 valence electrons. The Hall–Kier alpha value is -3.10. The number of nitrogens with one attached hydrogen (secondary N) is 1. The summed E-state index contributed by atoms with van der Waals surface area (Å²) in [5, 5.41) is 14.6. The van der Waals surface area contributed by atoms with Crippen LogP contribution in [0.2, 0.25) is 0 Å². The highest BCUT2D eigenvalue weighted by Gasteiger charge is 2.27. The number of carbonyl (C=O) groups is 1.